The lowest BCUT2D eigenvalue weighted by Crippen LogP contribution is -2.34. The third kappa shape index (κ3) is 4.37. The third-order valence-corrected chi connectivity index (χ3v) is 11.5. The largest absolute Gasteiger partial charge is 0.228 e. The molecule has 10 rings (SSSR count). The van der Waals surface area contributed by atoms with Gasteiger partial charge in [0.15, 0.2) is 5.82 Å². The van der Waals surface area contributed by atoms with E-state index in [1.54, 1.807) is 0 Å². The molecule has 0 N–H and O–H groups in total. The first-order valence-corrected chi connectivity index (χ1v) is 17.8. The van der Waals surface area contributed by atoms with Crippen LogP contribution in [0.5, 0.6) is 0 Å². The van der Waals surface area contributed by atoms with Crippen molar-refractivity contribution in [3.63, 3.8) is 0 Å². The molecule has 1 aliphatic rings. The van der Waals surface area contributed by atoms with Gasteiger partial charge in [0.1, 0.15) is 0 Å². The molecule has 0 amide bonds. The van der Waals surface area contributed by atoms with Gasteiger partial charge in [-0.15, -0.1) is 0 Å². The standard InChI is InChI=1S/C47H30N2S/c1-3-16-33(17-4-1)46-48-42-25-12-11-24-39(42)43(49-46)34-18-13-21-36(30-34)47(35-19-5-2-6-20-35)40-28-26-31-14-7-9-22-37(31)44(40)50-45-38-23-10-8-15-32(38)27-29-41(45)47/h1-30H. The minimum absolute atomic E-state index is 0.591. The van der Waals surface area contributed by atoms with Crippen molar-refractivity contribution < 1.29 is 0 Å². The van der Waals surface area contributed by atoms with E-state index in [9.17, 15) is 0 Å². The molecule has 0 spiro atoms. The Kier molecular flexibility index (Phi) is 6.68. The molecular formula is C47H30N2S. The third-order valence-electron chi connectivity index (χ3n) is 10.2. The van der Waals surface area contributed by atoms with Gasteiger partial charge in [-0.2, -0.15) is 0 Å². The van der Waals surface area contributed by atoms with E-state index in [1.165, 1.54) is 53.6 Å². The molecule has 0 radical (unpaired) electrons. The van der Waals surface area contributed by atoms with E-state index in [4.69, 9.17) is 9.97 Å². The van der Waals surface area contributed by atoms with Crippen LogP contribution in [-0.4, -0.2) is 9.97 Å². The number of rotatable bonds is 4. The number of benzene rings is 8. The lowest BCUT2D eigenvalue weighted by molar-refractivity contribution is 0.709. The highest BCUT2D eigenvalue weighted by atomic mass is 32.2. The van der Waals surface area contributed by atoms with Gasteiger partial charge in [-0.05, 0) is 55.9 Å². The van der Waals surface area contributed by atoms with Crippen molar-refractivity contribution in [2.45, 2.75) is 15.2 Å². The monoisotopic (exact) mass is 654 g/mol. The first-order chi connectivity index (χ1) is 24.8. The first kappa shape index (κ1) is 28.9. The van der Waals surface area contributed by atoms with E-state index in [0.29, 0.717) is 0 Å². The molecule has 234 valence electrons. The summed E-state index contributed by atoms with van der Waals surface area (Å²) in [5.74, 6) is 0.727. The molecule has 9 aromatic rings. The minimum Gasteiger partial charge on any atom is -0.228 e. The van der Waals surface area contributed by atoms with Crippen LogP contribution in [0.25, 0.3) is 55.1 Å². The van der Waals surface area contributed by atoms with Gasteiger partial charge < -0.3 is 0 Å². The molecule has 50 heavy (non-hydrogen) atoms. The van der Waals surface area contributed by atoms with Crippen molar-refractivity contribution >= 4 is 44.2 Å². The van der Waals surface area contributed by atoms with Crippen LogP contribution in [0.1, 0.15) is 22.3 Å². The van der Waals surface area contributed by atoms with Crippen LogP contribution < -0.4 is 0 Å². The second-order valence-electron chi connectivity index (χ2n) is 12.9. The molecule has 3 heteroatoms. The van der Waals surface area contributed by atoms with Gasteiger partial charge in [-0.1, -0.05) is 182 Å². The maximum Gasteiger partial charge on any atom is 0.160 e. The highest BCUT2D eigenvalue weighted by Gasteiger charge is 2.45. The maximum atomic E-state index is 5.28. The smallest absolute Gasteiger partial charge is 0.160 e. The molecule has 0 bridgehead atoms. The second-order valence-corrected chi connectivity index (χ2v) is 13.9. The Bertz CT molecular complexity index is 2650. The summed E-state index contributed by atoms with van der Waals surface area (Å²) < 4.78 is 0. The fraction of sp³-hybridized carbons (Fsp3) is 0.0213. The van der Waals surface area contributed by atoms with Crippen molar-refractivity contribution in [1.82, 2.24) is 9.97 Å². The summed E-state index contributed by atoms with van der Waals surface area (Å²) in [6.45, 7) is 0. The highest BCUT2D eigenvalue weighted by molar-refractivity contribution is 8.00. The van der Waals surface area contributed by atoms with Crippen LogP contribution in [0.4, 0.5) is 0 Å². The number of para-hydroxylation sites is 1. The molecule has 0 aliphatic carbocycles. The highest BCUT2D eigenvalue weighted by Crippen LogP contribution is 2.59. The number of nitrogens with zero attached hydrogens (tertiary/aromatic N) is 2. The summed E-state index contributed by atoms with van der Waals surface area (Å²) in [4.78, 5) is 12.9. The molecule has 0 unspecified atom stereocenters. The Labute approximate surface area is 295 Å². The van der Waals surface area contributed by atoms with Crippen molar-refractivity contribution in [3.8, 4) is 22.6 Å². The fourth-order valence-electron chi connectivity index (χ4n) is 7.93. The van der Waals surface area contributed by atoms with E-state index in [2.05, 4.69) is 164 Å². The summed E-state index contributed by atoms with van der Waals surface area (Å²) in [6.07, 6.45) is 0. The molecule has 1 aromatic heterocycles. The lowest BCUT2D eigenvalue weighted by atomic mass is 9.64. The quantitative estimate of drug-likeness (QED) is 0.189. The van der Waals surface area contributed by atoms with Crippen molar-refractivity contribution in [3.05, 3.63) is 204 Å². The molecule has 0 saturated carbocycles. The van der Waals surface area contributed by atoms with E-state index in [1.807, 2.05) is 30.0 Å². The van der Waals surface area contributed by atoms with Crippen LogP contribution >= 0.6 is 11.8 Å². The second kappa shape index (κ2) is 11.5. The zero-order valence-electron chi connectivity index (χ0n) is 27.1. The Hall–Kier alpha value is -6.03. The van der Waals surface area contributed by atoms with Crippen molar-refractivity contribution in [2.75, 3.05) is 0 Å². The van der Waals surface area contributed by atoms with Crippen LogP contribution in [0.3, 0.4) is 0 Å². The molecule has 2 nitrogen and oxygen atoms in total. The Morgan fingerprint density at radius 2 is 0.940 bits per heavy atom. The average molecular weight is 655 g/mol. The Morgan fingerprint density at radius 1 is 0.400 bits per heavy atom. The predicted molar refractivity (Wildman–Crippen MR) is 208 cm³/mol. The van der Waals surface area contributed by atoms with E-state index < -0.39 is 5.41 Å². The Balaban J connectivity index is 1.32. The number of hydrogen-bond acceptors (Lipinski definition) is 3. The molecule has 2 heterocycles. The number of fused-ring (bicyclic) bond motifs is 7. The lowest BCUT2D eigenvalue weighted by Gasteiger charge is -2.42. The van der Waals surface area contributed by atoms with Crippen LogP contribution in [-0.2, 0) is 5.41 Å². The summed E-state index contributed by atoms with van der Waals surface area (Å²) in [5, 5.41) is 6.09. The molecule has 0 atom stereocenters. The van der Waals surface area contributed by atoms with Gasteiger partial charge in [-0.3, -0.25) is 0 Å². The Morgan fingerprint density at radius 3 is 1.62 bits per heavy atom. The summed E-state index contributed by atoms with van der Waals surface area (Å²) in [5.41, 5.74) is 8.38. The zero-order valence-corrected chi connectivity index (χ0v) is 27.9. The topological polar surface area (TPSA) is 25.8 Å². The van der Waals surface area contributed by atoms with Crippen LogP contribution in [0, 0.1) is 0 Å². The van der Waals surface area contributed by atoms with E-state index in [-0.39, 0.29) is 0 Å². The number of hydrogen-bond donors (Lipinski definition) is 0. The molecule has 8 aromatic carbocycles. The SMILES string of the molecule is c1ccc(-c2nc(-c3cccc(C4(c5ccccc5)c5ccc6ccccc6c5Sc5c4ccc4ccccc54)c3)c3ccccc3n2)cc1. The predicted octanol–water partition coefficient (Wildman–Crippen LogP) is 12.1. The summed E-state index contributed by atoms with van der Waals surface area (Å²) in [6, 6.07) is 65.7. The van der Waals surface area contributed by atoms with E-state index in [0.717, 1.165) is 33.5 Å². The first-order valence-electron chi connectivity index (χ1n) is 17.0. The van der Waals surface area contributed by atoms with E-state index >= 15 is 0 Å². The molecule has 0 saturated heterocycles. The molecular weight excluding hydrogens is 625 g/mol. The molecule has 1 aliphatic heterocycles. The number of aromatic nitrogens is 2. The summed E-state index contributed by atoms with van der Waals surface area (Å²) in [7, 11) is 0. The normalized spacial score (nSPS) is 13.3. The maximum absolute atomic E-state index is 5.28. The van der Waals surface area contributed by atoms with Gasteiger partial charge in [-0.25, -0.2) is 9.97 Å². The molecule has 0 fully saturated rings. The van der Waals surface area contributed by atoms with Gasteiger partial charge in [0.2, 0.25) is 0 Å². The average Bonchev–Trinajstić information content (AvgIpc) is 3.20. The van der Waals surface area contributed by atoms with Gasteiger partial charge in [0.05, 0.1) is 16.6 Å². The summed E-state index contributed by atoms with van der Waals surface area (Å²) >= 11 is 1.91. The van der Waals surface area contributed by atoms with Gasteiger partial charge in [0.25, 0.3) is 0 Å². The van der Waals surface area contributed by atoms with Crippen LogP contribution in [0.15, 0.2) is 192 Å². The van der Waals surface area contributed by atoms with Crippen molar-refractivity contribution in [1.29, 1.82) is 0 Å². The van der Waals surface area contributed by atoms with Gasteiger partial charge >= 0.3 is 0 Å². The minimum atomic E-state index is -0.591. The fourth-order valence-corrected chi connectivity index (χ4v) is 9.39. The van der Waals surface area contributed by atoms with Crippen molar-refractivity contribution in [2.24, 2.45) is 0 Å². The van der Waals surface area contributed by atoms with Gasteiger partial charge in [0, 0.05) is 26.3 Å². The zero-order chi connectivity index (χ0) is 33.1. The van der Waals surface area contributed by atoms with Crippen LogP contribution in [0.2, 0.25) is 0 Å².